The number of methoxy groups -OCH3 is 1. The molecule has 0 saturated carbocycles. The average molecular weight is 391 g/mol. The minimum Gasteiger partial charge on any atom is -0.497 e. The number of aromatic nitrogens is 2. The zero-order chi connectivity index (χ0) is 20.4. The number of nitrogens with one attached hydrogen (secondary N) is 1. The van der Waals surface area contributed by atoms with Crippen molar-refractivity contribution in [2.24, 2.45) is 0 Å². The number of hydrogen-bond acceptors (Lipinski definition) is 6. The Balaban J connectivity index is 1.69. The molecule has 0 saturated heterocycles. The molecule has 7 heteroatoms. The topological polar surface area (TPSA) is 82.5 Å². The highest BCUT2D eigenvalue weighted by atomic mass is 16.5. The second-order valence-corrected chi connectivity index (χ2v) is 6.66. The van der Waals surface area contributed by atoms with Crippen molar-refractivity contribution < 1.29 is 14.3 Å². The van der Waals surface area contributed by atoms with E-state index >= 15 is 0 Å². The van der Waals surface area contributed by atoms with Gasteiger partial charge in [0.15, 0.2) is 0 Å². The Labute approximate surface area is 167 Å². The molecule has 29 heavy (non-hydrogen) atoms. The molecule has 0 unspecified atom stereocenters. The predicted molar refractivity (Wildman–Crippen MR) is 110 cm³/mol. The minimum absolute atomic E-state index is 0.309. The van der Waals surface area contributed by atoms with Gasteiger partial charge in [0.2, 0.25) is 0 Å². The summed E-state index contributed by atoms with van der Waals surface area (Å²) in [5.41, 5.74) is 3.69. The van der Waals surface area contributed by atoms with Gasteiger partial charge >= 0.3 is 11.7 Å². The van der Waals surface area contributed by atoms with E-state index in [1.165, 1.54) is 0 Å². The van der Waals surface area contributed by atoms with Gasteiger partial charge in [0.25, 0.3) is 0 Å². The summed E-state index contributed by atoms with van der Waals surface area (Å²) in [5, 5.41) is 3.13. The van der Waals surface area contributed by atoms with Crippen LogP contribution in [0.15, 0.2) is 53.3 Å². The van der Waals surface area contributed by atoms with Crippen LogP contribution >= 0.6 is 0 Å². The van der Waals surface area contributed by atoms with Gasteiger partial charge in [-0.3, -0.25) is 4.57 Å². The summed E-state index contributed by atoms with van der Waals surface area (Å²) in [7, 11) is 1.64. The molecular weight excluding hydrogens is 370 g/mol. The molecule has 0 spiro atoms. The van der Waals surface area contributed by atoms with Crippen molar-refractivity contribution in [3.05, 3.63) is 70.1 Å². The fourth-order valence-electron chi connectivity index (χ4n) is 3.48. The molecule has 1 N–H and O–H groups in total. The number of benzene rings is 2. The zero-order valence-corrected chi connectivity index (χ0v) is 16.3. The van der Waals surface area contributed by atoms with E-state index in [2.05, 4.69) is 10.3 Å². The summed E-state index contributed by atoms with van der Waals surface area (Å²) in [6.45, 7) is 2.64. The quantitative estimate of drug-likeness (QED) is 0.672. The second kappa shape index (κ2) is 7.79. The highest BCUT2D eigenvalue weighted by Crippen LogP contribution is 2.32. The monoisotopic (exact) mass is 391 g/mol. The van der Waals surface area contributed by atoms with Crippen LogP contribution in [0.25, 0.3) is 11.3 Å². The highest BCUT2D eigenvalue weighted by Gasteiger charge is 2.19. The molecule has 0 amide bonds. The molecule has 1 aliphatic heterocycles. The first-order valence-corrected chi connectivity index (χ1v) is 9.42. The number of carbonyl (C=O) groups excluding carboxylic acids is 1. The van der Waals surface area contributed by atoms with Crippen LogP contribution in [-0.2, 0) is 17.7 Å². The third kappa shape index (κ3) is 3.71. The summed E-state index contributed by atoms with van der Waals surface area (Å²) in [6, 6.07) is 14.6. The number of hydrogen-bond donors (Lipinski definition) is 1. The standard InChI is InChI=1S/C22H21N3O4/c1-3-29-21(26)15-5-4-6-16(11-15)23-20-13-19-18-8-7-17(28-2)12-14(18)9-10-25(19)22(27)24-20/h4-8,11-13H,3,9-10H2,1-2H3,(H,23,24,27). The molecular formula is C22H21N3O4. The molecule has 148 valence electrons. The van der Waals surface area contributed by atoms with Crippen LogP contribution in [0.3, 0.4) is 0 Å². The van der Waals surface area contributed by atoms with E-state index in [1.807, 2.05) is 24.3 Å². The smallest absolute Gasteiger partial charge is 0.350 e. The summed E-state index contributed by atoms with van der Waals surface area (Å²) >= 11 is 0. The summed E-state index contributed by atoms with van der Waals surface area (Å²) in [4.78, 5) is 28.7. The van der Waals surface area contributed by atoms with Gasteiger partial charge in [-0.2, -0.15) is 4.98 Å². The maximum Gasteiger partial charge on any atom is 0.350 e. The fraction of sp³-hybridized carbons (Fsp3) is 0.227. The molecule has 3 aromatic rings. The Morgan fingerprint density at radius 3 is 2.86 bits per heavy atom. The van der Waals surface area contributed by atoms with Crippen LogP contribution in [0, 0.1) is 0 Å². The van der Waals surface area contributed by atoms with Gasteiger partial charge in [-0.1, -0.05) is 6.07 Å². The van der Waals surface area contributed by atoms with Crippen LogP contribution < -0.4 is 15.7 Å². The lowest BCUT2D eigenvalue weighted by Gasteiger charge is -2.22. The van der Waals surface area contributed by atoms with Crippen molar-refractivity contribution in [1.82, 2.24) is 9.55 Å². The van der Waals surface area contributed by atoms with Gasteiger partial charge < -0.3 is 14.8 Å². The number of esters is 1. The van der Waals surface area contributed by atoms with E-state index in [0.717, 1.165) is 29.0 Å². The van der Waals surface area contributed by atoms with E-state index in [4.69, 9.17) is 9.47 Å². The van der Waals surface area contributed by atoms with Crippen molar-refractivity contribution in [2.45, 2.75) is 19.9 Å². The van der Waals surface area contributed by atoms with Crippen LogP contribution in [0.2, 0.25) is 0 Å². The normalized spacial score (nSPS) is 11.9. The van der Waals surface area contributed by atoms with Gasteiger partial charge in [-0.15, -0.1) is 0 Å². The lowest BCUT2D eigenvalue weighted by molar-refractivity contribution is 0.0526. The molecule has 0 bridgehead atoms. The molecule has 2 aromatic carbocycles. The maximum absolute atomic E-state index is 12.6. The second-order valence-electron chi connectivity index (χ2n) is 6.66. The Bertz CT molecular complexity index is 1140. The van der Waals surface area contributed by atoms with Crippen molar-refractivity contribution in [3.63, 3.8) is 0 Å². The van der Waals surface area contributed by atoms with Gasteiger partial charge in [-0.05, 0) is 55.3 Å². The summed E-state index contributed by atoms with van der Waals surface area (Å²) in [6.07, 6.45) is 0.746. The number of fused-ring (bicyclic) bond motifs is 3. The van der Waals surface area contributed by atoms with E-state index in [9.17, 15) is 9.59 Å². The first kappa shape index (κ1) is 18.7. The van der Waals surface area contributed by atoms with Crippen molar-refractivity contribution in [1.29, 1.82) is 0 Å². The fourth-order valence-corrected chi connectivity index (χ4v) is 3.48. The summed E-state index contributed by atoms with van der Waals surface area (Å²) in [5.74, 6) is 0.825. The first-order valence-electron chi connectivity index (χ1n) is 9.42. The minimum atomic E-state index is -0.391. The largest absolute Gasteiger partial charge is 0.497 e. The third-order valence-corrected chi connectivity index (χ3v) is 4.85. The lowest BCUT2D eigenvalue weighted by Crippen LogP contribution is -2.28. The number of nitrogens with zero attached hydrogens (tertiary/aromatic N) is 2. The van der Waals surface area contributed by atoms with Gasteiger partial charge in [0.05, 0.1) is 25.0 Å². The van der Waals surface area contributed by atoms with Gasteiger partial charge in [0, 0.05) is 23.9 Å². The predicted octanol–water partition coefficient (Wildman–Crippen LogP) is 3.40. The average Bonchev–Trinajstić information content (AvgIpc) is 2.73. The molecule has 4 rings (SSSR count). The molecule has 7 nitrogen and oxygen atoms in total. The Kier molecular flexibility index (Phi) is 5.03. The van der Waals surface area contributed by atoms with Crippen molar-refractivity contribution in [2.75, 3.05) is 19.0 Å². The number of rotatable bonds is 5. The van der Waals surface area contributed by atoms with Crippen LogP contribution in [0.5, 0.6) is 5.75 Å². The molecule has 0 radical (unpaired) electrons. The maximum atomic E-state index is 12.6. The van der Waals surface area contributed by atoms with Crippen LogP contribution in [0.4, 0.5) is 11.5 Å². The third-order valence-electron chi connectivity index (χ3n) is 4.85. The molecule has 1 aliphatic rings. The van der Waals surface area contributed by atoms with Crippen LogP contribution in [-0.4, -0.2) is 29.2 Å². The Hall–Kier alpha value is -3.61. The number of aryl methyl sites for hydroxylation is 1. The van der Waals surface area contributed by atoms with Gasteiger partial charge in [0.1, 0.15) is 11.6 Å². The van der Waals surface area contributed by atoms with Crippen molar-refractivity contribution >= 4 is 17.5 Å². The Morgan fingerprint density at radius 2 is 2.07 bits per heavy atom. The van der Waals surface area contributed by atoms with E-state index < -0.39 is 5.97 Å². The molecule has 2 heterocycles. The highest BCUT2D eigenvalue weighted by molar-refractivity contribution is 5.90. The van der Waals surface area contributed by atoms with E-state index in [0.29, 0.717) is 30.2 Å². The zero-order valence-electron chi connectivity index (χ0n) is 16.3. The number of anilines is 2. The van der Waals surface area contributed by atoms with Gasteiger partial charge in [-0.25, -0.2) is 9.59 Å². The van der Waals surface area contributed by atoms with Crippen molar-refractivity contribution in [3.8, 4) is 17.0 Å². The SMILES string of the molecule is CCOC(=O)c1cccc(Nc2cc3n(c(=O)n2)CCc2cc(OC)ccc2-3)c1. The van der Waals surface area contributed by atoms with E-state index in [-0.39, 0.29) is 5.69 Å². The Morgan fingerprint density at radius 1 is 1.21 bits per heavy atom. The molecule has 0 atom stereocenters. The number of ether oxygens (including phenoxy) is 2. The number of carbonyl (C=O) groups is 1. The van der Waals surface area contributed by atoms with Crippen LogP contribution in [0.1, 0.15) is 22.8 Å². The van der Waals surface area contributed by atoms with E-state index in [1.54, 1.807) is 42.9 Å². The summed E-state index contributed by atoms with van der Waals surface area (Å²) < 4.78 is 12.0. The molecule has 1 aromatic heterocycles. The first-order chi connectivity index (χ1) is 14.1. The molecule has 0 aliphatic carbocycles. The molecule has 0 fully saturated rings. The lowest BCUT2D eigenvalue weighted by atomic mass is 9.97.